The maximum Gasteiger partial charge on any atom is 0.275 e. The molecule has 1 heterocycles. The van der Waals surface area contributed by atoms with E-state index in [-0.39, 0.29) is 5.91 Å². The number of rotatable bonds is 6. The largest absolute Gasteiger partial charge is 0.496 e. The van der Waals surface area contributed by atoms with E-state index in [1.165, 1.54) is 0 Å². The maximum atomic E-state index is 12.8. The van der Waals surface area contributed by atoms with Crippen LogP contribution in [0.5, 0.6) is 11.5 Å². The summed E-state index contributed by atoms with van der Waals surface area (Å²) >= 11 is 6.22. The molecule has 0 aliphatic rings. The summed E-state index contributed by atoms with van der Waals surface area (Å²) < 4.78 is 13.0. The minimum absolute atomic E-state index is 0.348. The predicted molar refractivity (Wildman–Crippen MR) is 132 cm³/mol. The fraction of sp³-hybridized carbons (Fsp3) is 0.154. The number of hydrogen-bond acceptors (Lipinski definition) is 4. The summed E-state index contributed by atoms with van der Waals surface area (Å²) in [5.41, 5.74) is 6.65. The number of nitrogens with zero attached hydrogens (tertiary/aromatic N) is 2. The van der Waals surface area contributed by atoms with Crippen molar-refractivity contribution in [2.24, 2.45) is 5.10 Å². The number of carbonyl (C=O) groups excluding carboxylic acids is 1. The van der Waals surface area contributed by atoms with Crippen LogP contribution < -0.4 is 14.9 Å². The average molecular weight is 462 g/mol. The van der Waals surface area contributed by atoms with Gasteiger partial charge in [-0.1, -0.05) is 35.9 Å². The lowest BCUT2D eigenvalue weighted by atomic mass is 10.1. The highest BCUT2D eigenvalue weighted by Gasteiger charge is 2.15. The molecule has 33 heavy (non-hydrogen) atoms. The van der Waals surface area contributed by atoms with Crippen LogP contribution in [-0.4, -0.2) is 30.9 Å². The van der Waals surface area contributed by atoms with E-state index in [0.717, 1.165) is 33.4 Å². The van der Waals surface area contributed by atoms with Gasteiger partial charge in [0.2, 0.25) is 0 Å². The van der Waals surface area contributed by atoms with E-state index < -0.39 is 0 Å². The molecule has 3 aromatic carbocycles. The topological polar surface area (TPSA) is 64.8 Å². The van der Waals surface area contributed by atoms with Crippen LogP contribution in [0.1, 0.15) is 27.3 Å². The highest BCUT2D eigenvalue weighted by atomic mass is 35.5. The number of hydrogen-bond donors (Lipinski definition) is 1. The first kappa shape index (κ1) is 22.4. The molecule has 1 N–H and O–H groups in total. The van der Waals surface area contributed by atoms with Gasteiger partial charge in [0, 0.05) is 22.0 Å². The van der Waals surface area contributed by atoms with E-state index in [1.807, 2.05) is 66.9 Å². The van der Waals surface area contributed by atoms with Gasteiger partial charge in [0.15, 0.2) is 0 Å². The van der Waals surface area contributed by atoms with Crippen LogP contribution in [0.25, 0.3) is 16.5 Å². The van der Waals surface area contributed by atoms with E-state index in [9.17, 15) is 4.79 Å². The number of methoxy groups -OCH3 is 2. The standard InChI is InChI=1S/C26H24ClN3O3/c1-16-11-20(17(2)30(16)23-14-21(27)9-10-24(23)32-3)15-28-29-26(31)22-12-18-7-5-6-8-19(18)13-25(22)33-4/h5-15H,1-4H3,(H,29,31). The van der Waals surface area contributed by atoms with E-state index >= 15 is 0 Å². The minimum Gasteiger partial charge on any atom is -0.496 e. The van der Waals surface area contributed by atoms with Crippen molar-refractivity contribution in [3.63, 3.8) is 0 Å². The SMILES string of the molecule is COc1cc2ccccc2cc1C(=O)NN=Cc1cc(C)n(-c2cc(Cl)ccc2OC)c1C. The van der Waals surface area contributed by atoms with Crippen LogP contribution in [0.2, 0.25) is 5.02 Å². The van der Waals surface area contributed by atoms with Gasteiger partial charge in [-0.05, 0) is 61.0 Å². The molecule has 168 valence electrons. The lowest BCUT2D eigenvalue weighted by Crippen LogP contribution is -2.18. The van der Waals surface area contributed by atoms with Gasteiger partial charge >= 0.3 is 0 Å². The number of benzene rings is 3. The molecule has 0 aliphatic heterocycles. The Morgan fingerprint density at radius 1 is 0.970 bits per heavy atom. The Morgan fingerprint density at radius 3 is 2.36 bits per heavy atom. The highest BCUT2D eigenvalue weighted by molar-refractivity contribution is 6.30. The molecule has 0 saturated carbocycles. The van der Waals surface area contributed by atoms with Crippen molar-refractivity contribution in [1.82, 2.24) is 9.99 Å². The van der Waals surface area contributed by atoms with Crippen molar-refractivity contribution in [1.29, 1.82) is 0 Å². The number of fused-ring (bicyclic) bond motifs is 1. The second kappa shape index (κ2) is 9.38. The number of carbonyl (C=O) groups is 1. The second-order valence-electron chi connectivity index (χ2n) is 7.58. The molecule has 7 heteroatoms. The molecular formula is C26H24ClN3O3. The lowest BCUT2D eigenvalue weighted by Gasteiger charge is -2.14. The molecule has 0 atom stereocenters. The minimum atomic E-state index is -0.348. The molecule has 0 saturated heterocycles. The molecule has 0 bridgehead atoms. The van der Waals surface area contributed by atoms with Gasteiger partial charge in [-0.3, -0.25) is 4.79 Å². The van der Waals surface area contributed by atoms with Gasteiger partial charge in [-0.2, -0.15) is 5.10 Å². The number of aryl methyl sites for hydroxylation is 1. The van der Waals surface area contributed by atoms with Crippen molar-refractivity contribution in [3.8, 4) is 17.2 Å². The van der Waals surface area contributed by atoms with Crippen molar-refractivity contribution >= 4 is 34.5 Å². The molecular weight excluding hydrogens is 438 g/mol. The Balaban J connectivity index is 1.60. The molecule has 0 radical (unpaired) electrons. The number of ether oxygens (including phenoxy) is 2. The van der Waals surface area contributed by atoms with E-state index in [0.29, 0.717) is 22.1 Å². The first-order valence-electron chi connectivity index (χ1n) is 10.4. The van der Waals surface area contributed by atoms with Crippen molar-refractivity contribution in [2.75, 3.05) is 14.2 Å². The molecule has 0 aliphatic carbocycles. The quantitative estimate of drug-likeness (QED) is 0.296. The van der Waals surface area contributed by atoms with Gasteiger partial charge in [-0.25, -0.2) is 5.43 Å². The smallest absolute Gasteiger partial charge is 0.275 e. The molecule has 1 amide bonds. The number of aromatic nitrogens is 1. The van der Waals surface area contributed by atoms with E-state index in [4.69, 9.17) is 21.1 Å². The number of hydrazone groups is 1. The molecule has 0 fully saturated rings. The van der Waals surface area contributed by atoms with Crippen LogP contribution in [0.4, 0.5) is 0 Å². The molecule has 1 aromatic heterocycles. The van der Waals surface area contributed by atoms with E-state index in [2.05, 4.69) is 10.5 Å². The monoisotopic (exact) mass is 461 g/mol. The molecule has 4 rings (SSSR count). The summed E-state index contributed by atoms with van der Waals surface area (Å²) in [6, 6.07) is 18.9. The van der Waals surface area contributed by atoms with E-state index in [1.54, 1.807) is 32.6 Å². The van der Waals surface area contributed by atoms with Gasteiger partial charge in [0.05, 0.1) is 31.7 Å². The molecule has 0 unspecified atom stereocenters. The summed E-state index contributed by atoms with van der Waals surface area (Å²) in [4.78, 5) is 12.8. The molecule has 0 spiro atoms. The summed E-state index contributed by atoms with van der Waals surface area (Å²) in [7, 11) is 3.17. The fourth-order valence-electron chi connectivity index (χ4n) is 3.91. The van der Waals surface area contributed by atoms with Crippen molar-refractivity contribution in [2.45, 2.75) is 13.8 Å². The first-order valence-corrected chi connectivity index (χ1v) is 10.7. The van der Waals surface area contributed by atoms with Gasteiger partial charge in [0.25, 0.3) is 5.91 Å². The Bertz CT molecular complexity index is 1370. The normalized spacial score (nSPS) is 11.2. The maximum absolute atomic E-state index is 12.8. The van der Waals surface area contributed by atoms with Gasteiger partial charge in [-0.15, -0.1) is 0 Å². The number of halogens is 1. The zero-order valence-electron chi connectivity index (χ0n) is 18.8. The zero-order valence-corrected chi connectivity index (χ0v) is 19.6. The summed E-state index contributed by atoms with van der Waals surface area (Å²) in [5.74, 6) is 0.855. The molecule has 6 nitrogen and oxygen atoms in total. The van der Waals surface area contributed by atoms with Crippen LogP contribution in [0, 0.1) is 13.8 Å². The summed E-state index contributed by atoms with van der Waals surface area (Å²) in [5, 5.41) is 6.76. The van der Waals surface area contributed by atoms with Gasteiger partial charge in [0.1, 0.15) is 11.5 Å². The Labute approximate surface area is 197 Å². The Hall–Kier alpha value is -3.77. The average Bonchev–Trinajstić information content (AvgIpc) is 3.10. The van der Waals surface area contributed by atoms with Crippen molar-refractivity contribution in [3.05, 3.63) is 88.2 Å². The number of nitrogens with one attached hydrogen (secondary N) is 1. The fourth-order valence-corrected chi connectivity index (χ4v) is 4.08. The Morgan fingerprint density at radius 2 is 1.67 bits per heavy atom. The van der Waals surface area contributed by atoms with Crippen molar-refractivity contribution < 1.29 is 14.3 Å². The first-order chi connectivity index (χ1) is 15.9. The molecule has 4 aromatic rings. The van der Waals surface area contributed by atoms with Crippen LogP contribution in [0.3, 0.4) is 0 Å². The summed E-state index contributed by atoms with van der Waals surface area (Å²) in [6.07, 6.45) is 1.63. The van der Waals surface area contributed by atoms with Crippen LogP contribution in [0.15, 0.2) is 65.8 Å². The third kappa shape index (κ3) is 4.43. The summed E-state index contributed by atoms with van der Waals surface area (Å²) in [6.45, 7) is 3.96. The van der Waals surface area contributed by atoms with Gasteiger partial charge < -0.3 is 14.0 Å². The third-order valence-electron chi connectivity index (χ3n) is 5.53. The third-order valence-corrected chi connectivity index (χ3v) is 5.77. The second-order valence-corrected chi connectivity index (χ2v) is 8.01. The van der Waals surface area contributed by atoms with Crippen LogP contribution in [-0.2, 0) is 0 Å². The number of amides is 1. The lowest BCUT2D eigenvalue weighted by molar-refractivity contribution is 0.0952. The predicted octanol–water partition coefficient (Wildman–Crippen LogP) is 5.68. The Kier molecular flexibility index (Phi) is 6.38. The zero-order chi connectivity index (χ0) is 23.5. The highest BCUT2D eigenvalue weighted by Crippen LogP contribution is 2.30. The van der Waals surface area contributed by atoms with Crippen LogP contribution >= 0.6 is 11.6 Å².